The first-order valence-electron chi connectivity index (χ1n) is 10.1. The molecule has 30 heavy (non-hydrogen) atoms. The molecule has 5 nitrogen and oxygen atoms in total. The van der Waals surface area contributed by atoms with Gasteiger partial charge in [0.2, 0.25) is 0 Å². The molecule has 6 heteroatoms. The molecule has 1 atom stereocenters. The predicted octanol–water partition coefficient (Wildman–Crippen LogP) is 4.96. The second-order valence-electron chi connectivity index (χ2n) is 7.52. The van der Waals surface area contributed by atoms with Crippen LogP contribution in [0, 0.1) is 5.82 Å². The van der Waals surface area contributed by atoms with Gasteiger partial charge in [-0.25, -0.2) is 9.18 Å². The van der Waals surface area contributed by atoms with Gasteiger partial charge in [0.05, 0.1) is 24.0 Å². The smallest absolute Gasteiger partial charge is 0.329 e. The van der Waals surface area contributed by atoms with Gasteiger partial charge in [-0.2, -0.15) is 0 Å². The highest BCUT2D eigenvalue weighted by molar-refractivity contribution is 5.86. The molecular weight excluding hydrogens is 383 g/mol. The Morgan fingerprint density at radius 1 is 1.00 bits per heavy atom. The molecule has 3 aromatic carbocycles. The molecule has 0 saturated carbocycles. The van der Waals surface area contributed by atoms with E-state index in [9.17, 15) is 19.1 Å². The Balaban J connectivity index is 1.89. The molecule has 0 radical (unpaired) electrons. The van der Waals surface area contributed by atoms with Gasteiger partial charge in [-0.15, -0.1) is 0 Å². The first-order valence-corrected chi connectivity index (χ1v) is 10.1. The Kier molecular flexibility index (Phi) is 5.40. The molecule has 1 heterocycles. The van der Waals surface area contributed by atoms with E-state index in [1.54, 1.807) is 27.3 Å². The summed E-state index contributed by atoms with van der Waals surface area (Å²) in [7, 11) is 0. The molecule has 1 aromatic heterocycles. The third-order valence-electron chi connectivity index (χ3n) is 5.56. The highest BCUT2D eigenvalue weighted by Crippen LogP contribution is 2.26. The summed E-state index contributed by atoms with van der Waals surface area (Å²) in [6.45, 7) is 2.25. The number of hydrogen-bond acceptors (Lipinski definition) is 2. The van der Waals surface area contributed by atoms with Crippen molar-refractivity contribution in [1.82, 2.24) is 9.13 Å². The Hall–Kier alpha value is -3.41. The first kappa shape index (κ1) is 19.9. The zero-order valence-corrected chi connectivity index (χ0v) is 16.7. The minimum absolute atomic E-state index is 0.110. The van der Waals surface area contributed by atoms with Crippen LogP contribution in [0.2, 0.25) is 0 Å². The number of imidazole rings is 1. The lowest BCUT2D eigenvalue weighted by atomic mass is 10.0. The van der Waals surface area contributed by atoms with Crippen molar-refractivity contribution in [1.29, 1.82) is 0 Å². The molecule has 0 aliphatic heterocycles. The topological polar surface area (TPSA) is 64.2 Å². The van der Waals surface area contributed by atoms with Crippen LogP contribution < -0.4 is 5.69 Å². The number of para-hydroxylation sites is 2. The summed E-state index contributed by atoms with van der Waals surface area (Å²) in [4.78, 5) is 24.9. The summed E-state index contributed by atoms with van der Waals surface area (Å²) in [5, 5.41) is 10.6. The number of hydrogen-bond donors (Lipinski definition) is 1. The normalized spacial score (nSPS) is 12.5. The maximum absolute atomic E-state index is 14.2. The minimum Gasteiger partial charge on any atom is -0.481 e. The van der Waals surface area contributed by atoms with Gasteiger partial charge in [0.15, 0.2) is 0 Å². The van der Waals surface area contributed by atoms with Crippen LogP contribution in [0.1, 0.15) is 37.8 Å². The molecule has 0 fully saturated rings. The molecule has 0 bridgehead atoms. The van der Waals surface area contributed by atoms with Crippen molar-refractivity contribution >= 4 is 27.8 Å². The number of nitrogens with zero attached hydrogens (tertiary/aromatic N) is 2. The highest BCUT2D eigenvalue weighted by Gasteiger charge is 2.22. The summed E-state index contributed by atoms with van der Waals surface area (Å²) in [5.74, 6) is -1.23. The number of rotatable bonds is 7. The zero-order valence-electron chi connectivity index (χ0n) is 16.7. The van der Waals surface area contributed by atoms with Crippen LogP contribution in [0.3, 0.4) is 0 Å². The van der Waals surface area contributed by atoms with Crippen molar-refractivity contribution in [3.8, 4) is 0 Å². The first-order chi connectivity index (χ1) is 14.5. The van der Waals surface area contributed by atoms with E-state index in [-0.39, 0.29) is 24.5 Å². The molecular formula is C24H23FN2O3. The Morgan fingerprint density at radius 3 is 2.37 bits per heavy atom. The summed E-state index contributed by atoms with van der Waals surface area (Å²) < 4.78 is 17.5. The Labute approximate surface area is 173 Å². The summed E-state index contributed by atoms with van der Waals surface area (Å²) in [5.41, 5.74) is 2.04. The number of carboxylic acid groups (broad SMARTS) is 1. The second-order valence-corrected chi connectivity index (χ2v) is 7.52. The van der Waals surface area contributed by atoms with E-state index < -0.39 is 12.0 Å². The zero-order chi connectivity index (χ0) is 21.3. The van der Waals surface area contributed by atoms with Crippen LogP contribution in [-0.2, 0) is 11.3 Å². The molecule has 4 aromatic rings. The predicted molar refractivity (Wildman–Crippen MR) is 115 cm³/mol. The maximum Gasteiger partial charge on any atom is 0.329 e. The average molecular weight is 406 g/mol. The van der Waals surface area contributed by atoms with E-state index in [1.165, 1.54) is 6.07 Å². The van der Waals surface area contributed by atoms with Crippen LogP contribution in [0.15, 0.2) is 65.5 Å². The van der Waals surface area contributed by atoms with Gasteiger partial charge in [0, 0.05) is 11.4 Å². The molecule has 1 N–H and O–H groups in total. The Bertz CT molecular complexity index is 1290. The fraction of sp³-hybridized carbons (Fsp3) is 0.250. The van der Waals surface area contributed by atoms with Crippen molar-refractivity contribution in [2.24, 2.45) is 0 Å². The number of carbonyl (C=O) groups is 1. The largest absolute Gasteiger partial charge is 0.481 e. The van der Waals surface area contributed by atoms with Crippen molar-refractivity contribution < 1.29 is 14.3 Å². The van der Waals surface area contributed by atoms with Crippen molar-refractivity contribution in [2.45, 2.75) is 38.8 Å². The van der Waals surface area contributed by atoms with Gasteiger partial charge in [-0.3, -0.25) is 13.9 Å². The second kappa shape index (κ2) is 8.14. The number of aliphatic carboxylic acids is 1. The SMILES string of the molecule is CCCC(CC(=O)O)n1c(=O)n(Cc2ccc(F)c3ccccc23)c2ccccc21. The quantitative estimate of drug-likeness (QED) is 0.472. The number of benzene rings is 3. The van der Waals surface area contributed by atoms with E-state index >= 15 is 0 Å². The van der Waals surface area contributed by atoms with Crippen molar-refractivity contribution in [3.63, 3.8) is 0 Å². The van der Waals surface area contributed by atoms with Gasteiger partial charge < -0.3 is 5.11 Å². The number of fused-ring (bicyclic) bond motifs is 2. The van der Waals surface area contributed by atoms with Crippen LogP contribution in [0.5, 0.6) is 0 Å². The monoisotopic (exact) mass is 406 g/mol. The lowest BCUT2D eigenvalue weighted by Crippen LogP contribution is -2.29. The highest BCUT2D eigenvalue weighted by atomic mass is 19.1. The lowest BCUT2D eigenvalue weighted by Gasteiger charge is -2.16. The average Bonchev–Trinajstić information content (AvgIpc) is 3.01. The minimum atomic E-state index is -0.929. The lowest BCUT2D eigenvalue weighted by molar-refractivity contribution is -0.137. The van der Waals surface area contributed by atoms with Gasteiger partial charge in [-0.05, 0) is 35.6 Å². The van der Waals surface area contributed by atoms with Crippen LogP contribution in [-0.4, -0.2) is 20.2 Å². The van der Waals surface area contributed by atoms with Crippen molar-refractivity contribution in [2.75, 3.05) is 0 Å². The molecule has 154 valence electrons. The Morgan fingerprint density at radius 2 is 1.67 bits per heavy atom. The number of aromatic nitrogens is 2. The molecule has 1 unspecified atom stereocenters. The molecule has 0 saturated heterocycles. The molecule has 0 aliphatic rings. The van der Waals surface area contributed by atoms with Gasteiger partial charge in [0.1, 0.15) is 5.82 Å². The van der Waals surface area contributed by atoms with E-state index in [0.29, 0.717) is 17.3 Å². The molecule has 4 rings (SSSR count). The van der Waals surface area contributed by atoms with Gasteiger partial charge in [-0.1, -0.05) is 55.8 Å². The van der Waals surface area contributed by atoms with E-state index in [4.69, 9.17) is 0 Å². The van der Waals surface area contributed by atoms with E-state index in [0.717, 1.165) is 22.9 Å². The van der Waals surface area contributed by atoms with Crippen LogP contribution in [0.4, 0.5) is 4.39 Å². The third-order valence-corrected chi connectivity index (χ3v) is 5.56. The maximum atomic E-state index is 14.2. The van der Waals surface area contributed by atoms with Gasteiger partial charge in [0.25, 0.3) is 0 Å². The summed E-state index contributed by atoms with van der Waals surface area (Å²) >= 11 is 0. The van der Waals surface area contributed by atoms with E-state index in [2.05, 4.69) is 0 Å². The summed E-state index contributed by atoms with van der Waals surface area (Å²) in [6.07, 6.45) is 1.26. The van der Waals surface area contributed by atoms with Crippen molar-refractivity contribution in [3.05, 3.63) is 82.5 Å². The van der Waals surface area contributed by atoms with Gasteiger partial charge >= 0.3 is 11.7 Å². The molecule has 0 amide bonds. The van der Waals surface area contributed by atoms with E-state index in [1.807, 2.05) is 43.3 Å². The third kappa shape index (κ3) is 3.49. The fourth-order valence-corrected chi connectivity index (χ4v) is 4.23. The number of carboxylic acids is 1. The van der Waals surface area contributed by atoms with Crippen LogP contribution >= 0.6 is 0 Å². The molecule has 0 aliphatic carbocycles. The van der Waals surface area contributed by atoms with Crippen LogP contribution in [0.25, 0.3) is 21.8 Å². The fourth-order valence-electron chi connectivity index (χ4n) is 4.23. The summed E-state index contributed by atoms with van der Waals surface area (Å²) in [6, 6.07) is 17.3. The number of halogens is 1. The standard InChI is InChI=1S/C24H23FN2O3/c1-2-7-17(14-23(28)29)27-22-11-6-5-10-21(22)26(24(27)30)15-16-12-13-20(25)19-9-4-3-8-18(16)19/h3-6,8-13,17H,2,7,14-15H2,1H3,(H,28,29). The molecule has 0 spiro atoms.